The molecule has 2 N–H and O–H groups in total. The second kappa shape index (κ2) is 4.78. The first-order valence-corrected chi connectivity index (χ1v) is 2.81. The summed E-state index contributed by atoms with van der Waals surface area (Å²) in [6.07, 6.45) is 0.715. The Morgan fingerprint density at radius 3 is 1.62 bits per heavy atom. The molecule has 2 heteroatoms. The number of carbonyl (C=O) groups is 1. The van der Waals surface area contributed by atoms with Gasteiger partial charge in [-0.1, -0.05) is 13.8 Å². The van der Waals surface area contributed by atoms with E-state index in [1.165, 1.54) is 0 Å². The van der Waals surface area contributed by atoms with E-state index in [0.29, 0.717) is 6.29 Å². The van der Waals surface area contributed by atoms with Gasteiger partial charge in [-0.15, -0.1) is 0 Å². The highest BCUT2D eigenvalue weighted by Gasteiger charge is 2.04. The summed E-state index contributed by atoms with van der Waals surface area (Å²) in [4.78, 5) is 9.70. The van der Waals surface area contributed by atoms with Crippen LogP contribution in [0.15, 0.2) is 0 Å². The van der Waals surface area contributed by atoms with Crippen molar-refractivity contribution in [2.45, 2.75) is 33.2 Å². The molecule has 8 heavy (non-hydrogen) atoms. The molecule has 0 fully saturated rings. The fraction of sp³-hybridized carbons (Fsp3) is 0.833. The lowest BCUT2D eigenvalue weighted by atomic mass is 10.1. The zero-order chi connectivity index (χ0) is 7.21. The Morgan fingerprint density at radius 2 is 1.62 bits per heavy atom. The van der Waals surface area contributed by atoms with Gasteiger partial charge < -0.3 is 10.5 Å². The van der Waals surface area contributed by atoms with E-state index in [9.17, 15) is 4.79 Å². The van der Waals surface area contributed by atoms with Gasteiger partial charge in [0, 0.05) is 1.43 Å². The zero-order valence-electron chi connectivity index (χ0n) is 6.06. The molecule has 0 bridgehead atoms. The largest absolute Gasteiger partial charge is 0.320 e. The number of nitrogens with two attached hydrogens (primary N) is 1. The highest BCUT2D eigenvalue weighted by molar-refractivity contribution is 5.61. The summed E-state index contributed by atoms with van der Waals surface area (Å²) in [6, 6.07) is 0. The predicted octanol–water partition coefficient (Wildman–Crippen LogP) is 1.19. The van der Waals surface area contributed by atoms with E-state index in [4.69, 9.17) is 5.73 Å². The number of rotatable bonds is 1. The third-order valence-electron chi connectivity index (χ3n) is 0.304. The molecule has 0 spiro atoms. The Morgan fingerprint density at radius 1 is 1.50 bits per heavy atom. The Kier molecular flexibility index (Phi) is 6.32. The van der Waals surface area contributed by atoms with Gasteiger partial charge in [-0.2, -0.15) is 0 Å². The Hall–Kier alpha value is -0.370. The van der Waals surface area contributed by atoms with Crippen molar-refractivity contribution in [2.75, 3.05) is 0 Å². The monoisotopic (exact) mass is 119 g/mol. The Balaban J connectivity index is -0.000000109. The van der Waals surface area contributed by atoms with E-state index in [1.807, 2.05) is 13.8 Å². The molecule has 52 valence electrons. The number of carbonyl (C=O) groups excluding carboxylic acids is 1. The Bertz CT molecular complexity index is 58.6. The van der Waals surface area contributed by atoms with Crippen LogP contribution in [0.2, 0.25) is 0 Å². The second-order valence-electron chi connectivity index (χ2n) is 1.94. The highest BCUT2D eigenvalue weighted by atomic mass is 16.1. The average molecular weight is 119 g/mol. The van der Waals surface area contributed by atoms with Gasteiger partial charge in [0.25, 0.3) is 0 Å². The summed E-state index contributed by atoms with van der Waals surface area (Å²) < 4.78 is 0. The van der Waals surface area contributed by atoms with Gasteiger partial charge in [-0.3, -0.25) is 0 Å². The molecule has 0 aliphatic carbocycles. The maximum Gasteiger partial charge on any atom is 0.139 e. The van der Waals surface area contributed by atoms with Crippen molar-refractivity contribution in [3.8, 4) is 0 Å². The van der Waals surface area contributed by atoms with E-state index in [-0.39, 0.29) is 1.43 Å². The van der Waals surface area contributed by atoms with Gasteiger partial charge >= 0.3 is 0 Å². The smallest absolute Gasteiger partial charge is 0.139 e. The molecule has 0 rings (SSSR count). The topological polar surface area (TPSA) is 43.1 Å². The van der Waals surface area contributed by atoms with Gasteiger partial charge in [-0.05, 0) is 13.8 Å². The van der Waals surface area contributed by atoms with Crippen molar-refractivity contribution in [2.24, 2.45) is 5.73 Å². The first kappa shape index (κ1) is 10.6. The van der Waals surface area contributed by atoms with Crippen LogP contribution in [-0.2, 0) is 4.79 Å². The van der Waals surface area contributed by atoms with E-state index in [2.05, 4.69) is 0 Å². The zero-order valence-corrected chi connectivity index (χ0v) is 6.06. The summed E-state index contributed by atoms with van der Waals surface area (Å²) in [6.45, 7) is 7.31. The van der Waals surface area contributed by atoms with Crippen LogP contribution in [0, 0.1) is 0 Å². The lowest BCUT2D eigenvalue weighted by Gasteiger charge is -2.04. The lowest BCUT2D eigenvalue weighted by Crippen LogP contribution is -2.33. The first-order valence-electron chi connectivity index (χ1n) is 2.81. The molecule has 0 radical (unpaired) electrons. The SMILES string of the molecule is CC.CC(C)(N)C=O.[HH]. The van der Waals surface area contributed by atoms with E-state index in [0.717, 1.165) is 0 Å². The summed E-state index contributed by atoms with van der Waals surface area (Å²) in [5.74, 6) is 0. The van der Waals surface area contributed by atoms with E-state index < -0.39 is 5.54 Å². The molecule has 0 saturated heterocycles. The predicted molar refractivity (Wildman–Crippen MR) is 37.8 cm³/mol. The van der Waals surface area contributed by atoms with Crippen molar-refractivity contribution in [3.05, 3.63) is 0 Å². The molecule has 0 aromatic carbocycles. The fourth-order valence-corrected chi connectivity index (χ4v) is 0. The van der Waals surface area contributed by atoms with Crippen LogP contribution in [0.1, 0.15) is 29.1 Å². The minimum atomic E-state index is -0.639. The molecular weight excluding hydrogens is 102 g/mol. The molecule has 0 aliphatic heterocycles. The van der Waals surface area contributed by atoms with Gasteiger partial charge in [0.15, 0.2) is 0 Å². The summed E-state index contributed by atoms with van der Waals surface area (Å²) in [5, 5.41) is 0. The normalized spacial score (nSPS) is 9.12. The van der Waals surface area contributed by atoms with Crippen molar-refractivity contribution >= 4 is 6.29 Å². The van der Waals surface area contributed by atoms with Crippen molar-refractivity contribution in [1.82, 2.24) is 0 Å². The maximum absolute atomic E-state index is 9.70. The number of hydrogen-bond acceptors (Lipinski definition) is 2. The van der Waals surface area contributed by atoms with E-state index >= 15 is 0 Å². The molecular formula is C6H17NO. The third kappa shape index (κ3) is 17.4. The average Bonchev–Trinajstić information content (AvgIpc) is 1.71. The summed E-state index contributed by atoms with van der Waals surface area (Å²) in [5.41, 5.74) is 4.53. The molecule has 2 nitrogen and oxygen atoms in total. The summed E-state index contributed by atoms with van der Waals surface area (Å²) >= 11 is 0. The molecule has 0 aromatic rings. The minimum Gasteiger partial charge on any atom is -0.320 e. The second-order valence-corrected chi connectivity index (χ2v) is 1.94. The van der Waals surface area contributed by atoms with Crippen LogP contribution in [0.25, 0.3) is 0 Å². The number of aldehydes is 1. The van der Waals surface area contributed by atoms with Crippen LogP contribution in [0.5, 0.6) is 0 Å². The first-order chi connectivity index (χ1) is 3.56. The number of hydrogen-bond donors (Lipinski definition) is 1. The van der Waals surface area contributed by atoms with Crippen molar-refractivity contribution in [3.63, 3.8) is 0 Å². The van der Waals surface area contributed by atoms with Gasteiger partial charge in [0.2, 0.25) is 0 Å². The van der Waals surface area contributed by atoms with Crippen LogP contribution in [-0.4, -0.2) is 11.8 Å². The van der Waals surface area contributed by atoms with Gasteiger partial charge in [0.05, 0.1) is 5.54 Å². The molecule has 0 heterocycles. The maximum atomic E-state index is 9.70. The van der Waals surface area contributed by atoms with Gasteiger partial charge in [-0.25, -0.2) is 0 Å². The molecule has 0 unspecified atom stereocenters. The Labute approximate surface area is 52.6 Å². The third-order valence-corrected chi connectivity index (χ3v) is 0.304. The van der Waals surface area contributed by atoms with Crippen molar-refractivity contribution < 1.29 is 6.22 Å². The molecule has 0 saturated carbocycles. The van der Waals surface area contributed by atoms with Crippen LogP contribution in [0.3, 0.4) is 0 Å². The molecule has 0 aromatic heterocycles. The van der Waals surface area contributed by atoms with E-state index in [1.54, 1.807) is 13.8 Å². The van der Waals surface area contributed by atoms with Gasteiger partial charge in [0.1, 0.15) is 6.29 Å². The summed E-state index contributed by atoms with van der Waals surface area (Å²) in [7, 11) is 0. The molecule has 0 atom stereocenters. The molecule has 0 amide bonds. The standard InChI is InChI=1S/C4H9NO.C2H6.H2/c1-4(2,5)3-6;1-2;/h3H,5H2,1-2H3;1-2H3;1H. The minimum absolute atomic E-state index is 0. The van der Waals surface area contributed by atoms with Crippen LogP contribution < -0.4 is 5.73 Å². The molecule has 0 aliphatic rings. The van der Waals surface area contributed by atoms with Crippen molar-refractivity contribution in [1.29, 1.82) is 0 Å². The van der Waals surface area contributed by atoms with Crippen LogP contribution in [0.4, 0.5) is 0 Å². The van der Waals surface area contributed by atoms with Crippen LogP contribution >= 0.6 is 0 Å². The quantitative estimate of drug-likeness (QED) is 0.527. The lowest BCUT2D eigenvalue weighted by molar-refractivity contribution is -0.111. The fourth-order valence-electron chi connectivity index (χ4n) is 0. The highest BCUT2D eigenvalue weighted by Crippen LogP contribution is 1.85.